The van der Waals surface area contributed by atoms with Crippen LogP contribution in [0.1, 0.15) is 45.1 Å². The topological polar surface area (TPSA) is 97.1 Å². The number of methoxy groups -OCH3 is 2. The van der Waals surface area contributed by atoms with E-state index in [1.165, 1.54) is 14.2 Å². The first-order valence-electron chi connectivity index (χ1n) is 9.55. The molecule has 1 aromatic rings. The van der Waals surface area contributed by atoms with Crippen molar-refractivity contribution in [3.8, 4) is 11.5 Å². The molecule has 0 saturated heterocycles. The number of ether oxygens (including phenoxy) is 4. The van der Waals surface area contributed by atoms with Gasteiger partial charge in [-0.1, -0.05) is 26.0 Å². The number of benzene rings is 1. The normalized spacial score (nSPS) is 20.7. The molecule has 3 rings (SSSR count). The van der Waals surface area contributed by atoms with Gasteiger partial charge in [0.15, 0.2) is 17.3 Å². The van der Waals surface area contributed by atoms with Crippen molar-refractivity contribution < 1.29 is 28.5 Å². The maximum Gasteiger partial charge on any atom is 0.340 e. The van der Waals surface area contributed by atoms with E-state index in [0.717, 1.165) is 0 Å². The summed E-state index contributed by atoms with van der Waals surface area (Å²) in [6, 6.07) is 5.32. The fraction of sp³-hybridized carbons (Fsp3) is 0.455. The second kappa shape index (κ2) is 7.81. The Bertz CT molecular complexity index is 912. The molecule has 0 bridgehead atoms. The lowest BCUT2D eigenvalue weighted by atomic mass is 9.70. The van der Waals surface area contributed by atoms with E-state index in [2.05, 4.69) is 0 Å². The van der Waals surface area contributed by atoms with Crippen LogP contribution in [0.3, 0.4) is 0 Å². The van der Waals surface area contributed by atoms with E-state index in [0.29, 0.717) is 41.2 Å². The van der Waals surface area contributed by atoms with Crippen LogP contribution in [0.4, 0.5) is 0 Å². The van der Waals surface area contributed by atoms with Crippen LogP contribution in [-0.4, -0.2) is 32.6 Å². The van der Waals surface area contributed by atoms with Gasteiger partial charge in [0, 0.05) is 24.0 Å². The Morgan fingerprint density at radius 3 is 2.59 bits per heavy atom. The summed E-state index contributed by atoms with van der Waals surface area (Å²) in [6.45, 7) is 5.88. The molecule has 0 radical (unpaired) electrons. The van der Waals surface area contributed by atoms with Crippen molar-refractivity contribution in [3.05, 3.63) is 46.6 Å². The van der Waals surface area contributed by atoms with Crippen molar-refractivity contribution in [2.75, 3.05) is 20.8 Å². The van der Waals surface area contributed by atoms with E-state index in [9.17, 15) is 9.59 Å². The smallest absolute Gasteiger partial charge is 0.340 e. The monoisotopic (exact) mass is 401 g/mol. The highest BCUT2D eigenvalue weighted by Gasteiger charge is 2.46. The van der Waals surface area contributed by atoms with Crippen molar-refractivity contribution in [2.45, 2.75) is 39.5 Å². The number of para-hydroxylation sites is 1. The molecule has 7 heteroatoms. The number of carbonyl (C=O) groups excluding carboxylic acids is 2. The van der Waals surface area contributed by atoms with E-state index in [4.69, 9.17) is 24.7 Å². The minimum atomic E-state index is -0.758. The number of hydrogen-bond donors (Lipinski definition) is 1. The molecule has 1 aromatic carbocycles. The lowest BCUT2D eigenvalue weighted by Crippen LogP contribution is -2.35. The van der Waals surface area contributed by atoms with E-state index in [-0.39, 0.29) is 29.3 Å². The van der Waals surface area contributed by atoms with Crippen LogP contribution in [-0.2, 0) is 19.1 Å². The average molecular weight is 401 g/mol. The van der Waals surface area contributed by atoms with Crippen LogP contribution in [0.2, 0.25) is 0 Å². The second-order valence-corrected chi connectivity index (χ2v) is 7.89. The molecule has 0 saturated carbocycles. The number of Topliss-reactive ketones (excluding diaryl/α,β-unsaturated/α-hetero) is 1. The molecular weight excluding hydrogens is 374 g/mol. The first-order valence-corrected chi connectivity index (χ1v) is 9.55. The summed E-state index contributed by atoms with van der Waals surface area (Å²) in [5.74, 6) is -0.102. The quantitative estimate of drug-likeness (QED) is 0.757. The van der Waals surface area contributed by atoms with Crippen molar-refractivity contribution >= 4 is 11.8 Å². The number of allylic oxidation sites excluding steroid dienone is 2. The number of nitrogens with two attached hydrogens (primary N) is 1. The van der Waals surface area contributed by atoms with Gasteiger partial charge in [-0.15, -0.1) is 0 Å². The molecule has 0 aromatic heterocycles. The minimum Gasteiger partial charge on any atom is -0.493 e. The summed E-state index contributed by atoms with van der Waals surface area (Å²) in [5, 5.41) is 0. The zero-order valence-electron chi connectivity index (χ0n) is 17.5. The second-order valence-electron chi connectivity index (χ2n) is 7.89. The van der Waals surface area contributed by atoms with Crippen molar-refractivity contribution in [2.24, 2.45) is 11.1 Å². The van der Waals surface area contributed by atoms with Crippen molar-refractivity contribution in [1.29, 1.82) is 0 Å². The third-order valence-corrected chi connectivity index (χ3v) is 5.19. The molecule has 156 valence electrons. The number of rotatable bonds is 5. The molecule has 0 amide bonds. The van der Waals surface area contributed by atoms with Gasteiger partial charge in [0.25, 0.3) is 0 Å². The van der Waals surface area contributed by atoms with Gasteiger partial charge in [-0.05, 0) is 18.4 Å². The Hall–Kier alpha value is -2.96. The Morgan fingerprint density at radius 1 is 1.24 bits per heavy atom. The highest BCUT2D eigenvalue weighted by molar-refractivity contribution is 6.03. The van der Waals surface area contributed by atoms with Gasteiger partial charge in [-0.2, -0.15) is 0 Å². The third kappa shape index (κ3) is 3.69. The first kappa shape index (κ1) is 20.8. The third-order valence-electron chi connectivity index (χ3n) is 5.19. The average Bonchev–Trinajstić information content (AvgIpc) is 2.65. The molecule has 0 fully saturated rings. The highest BCUT2D eigenvalue weighted by Crippen LogP contribution is 2.51. The van der Waals surface area contributed by atoms with Crippen LogP contribution in [0.25, 0.3) is 0 Å². The van der Waals surface area contributed by atoms with Gasteiger partial charge >= 0.3 is 5.97 Å². The Balaban J connectivity index is 2.27. The molecular formula is C22H27NO6. The molecule has 2 N–H and O–H groups in total. The van der Waals surface area contributed by atoms with Crippen molar-refractivity contribution in [3.63, 3.8) is 0 Å². The lowest BCUT2D eigenvalue weighted by Gasteiger charge is -2.38. The predicted molar refractivity (Wildman–Crippen MR) is 106 cm³/mol. The van der Waals surface area contributed by atoms with Gasteiger partial charge in [0.2, 0.25) is 5.88 Å². The summed E-state index contributed by atoms with van der Waals surface area (Å²) in [4.78, 5) is 26.0. The fourth-order valence-corrected chi connectivity index (χ4v) is 4.04. The van der Waals surface area contributed by atoms with Crippen LogP contribution in [0.5, 0.6) is 11.5 Å². The summed E-state index contributed by atoms with van der Waals surface area (Å²) in [7, 11) is 3.04. The molecule has 1 atom stereocenters. The number of ketones is 1. The lowest BCUT2D eigenvalue weighted by molar-refractivity contribution is -0.139. The van der Waals surface area contributed by atoms with Gasteiger partial charge < -0.3 is 24.7 Å². The predicted octanol–water partition coefficient (Wildman–Crippen LogP) is 3.19. The first-order chi connectivity index (χ1) is 13.7. The molecule has 29 heavy (non-hydrogen) atoms. The number of hydrogen-bond acceptors (Lipinski definition) is 7. The van der Waals surface area contributed by atoms with E-state index < -0.39 is 11.9 Å². The largest absolute Gasteiger partial charge is 0.493 e. The molecule has 1 heterocycles. The van der Waals surface area contributed by atoms with Crippen molar-refractivity contribution in [1.82, 2.24) is 0 Å². The molecule has 1 aliphatic heterocycles. The Labute approximate surface area is 170 Å². The molecule has 2 aliphatic rings. The molecule has 1 unspecified atom stereocenters. The maximum absolute atomic E-state index is 13.2. The SMILES string of the molecule is CCOC(=O)C1=C(N)OC2=C(C(=O)CC(C)(C)C2)C1c1cccc(OC)c1OC. The number of carbonyl (C=O) groups is 2. The summed E-state index contributed by atoms with van der Waals surface area (Å²) in [5.41, 5.74) is 7.04. The Morgan fingerprint density at radius 2 is 1.97 bits per heavy atom. The summed E-state index contributed by atoms with van der Waals surface area (Å²) >= 11 is 0. The zero-order valence-corrected chi connectivity index (χ0v) is 17.5. The maximum atomic E-state index is 13.2. The van der Waals surface area contributed by atoms with Gasteiger partial charge in [-0.3, -0.25) is 4.79 Å². The molecule has 7 nitrogen and oxygen atoms in total. The molecule has 0 spiro atoms. The molecule has 1 aliphatic carbocycles. The van der Waals surface area contributed by atoms with Crippen LogP contribution < -0.4 is 15.2 Å². The fourth-order valence-electron chi connectivity index (χ4n) is 4.04. The van der Waals surface area contributed by atoms with Gasteiger partial charge in [0.05, 0.1) is 26.7 Å². The summed E-state index contributed by atoms with van der Waals surface area (Å²) < 4.78 is 22.0. The van der Waals surface area contributed by atoms with Crippen LogP contribution in [0, 0.1) is 5.41 Å². The van der Waals surface area contributed by atoms with Gasteiger partial charge in [-0.25, -0.2) is 4.79 Å². The number of esters is 1. The van der Waals surface area contributed by atoms with Crippen LogP contribution >= 0.6 is 0 Å². The minimum absolute atomic E-state index is 0.0532. The Kier molecular flexibility index (Phi) is 5.59. The summed E-state index contributed by atoms with van der Waals surface area (Å²) in [6.07, 6.45) is 0.877. The van der Waals surface area contributed by atoms with E-state index >= 15 is 0 Å². The van der Waals surface area contributed by atoms with E-state index in [1.54, 1.807) is 25.1 Å². The zero-order chi connectivity index (χ0) is 21.3. The standard InChI is InChI=1S/C22H27NO6/c1-6-28-21(25)18-16(12-8-7-9-14(26-4)19(12)27-5)17-13(24)10-22(2,3)11-15(17)29-20(18)23/h7-9,16H,6,10-11,23H2,1-5H3. The highest BCUT2D eigenvalue weighted by atomic mass is 16.5. The van der Waals surface area contributed by atoms with E-state index in [1.807, 2.05) is 13.8 Å². The van der Waals surface area contributed by atoms with Gasteiger partial charge in [0.1, 0.15) is 11.3 Å². The van der Waals surface area contributed by atoms with Crippen LogP contribution in [0.15, 0.2) is 41.0 Å².